The summed E-state index contributed by atoms with van der Waals surface area (Å²) in [7, 11) is 0. The lowest BCUT2D eigenvalue weighted by molar-refractivity contribution is 1.03. The van der Waals surface area contributed by atoms with Crippen LogP contribution in [0.15, 0.2) is 40.9 Å². The lowest BCUT2D eigenvalue weighted by Gasteiger charge is -1.98. The van der Waals surface area contributed by atoms with Crippen LogP contribution in [0.1, 0.15) is 0 Å². The van der Waals surface area contributed by atoms with Crippen LogP contribution in [0.4, 0.5) is 5.95 Å². The molecule has 2 aromatic heterocycles. The van der Waals surface area contributed by atoms with Gasteiger partial charge in [0.1, 0.15) is 10.1 Å². The Morgan fingerprint density at radius 1 is 1.07 bits per heavy atom. The van der Waals surface area contributed by atoms with Gasteiger partial charge in [-0.15, -0.1) is 0 Å². The normalized spacial score (nSPS) is 10.0. The first-order chi connectivity index (χ1) is 6.84. The van der Waals surface area contributed by atoms with Gasteiger partial charge >= 0.3 is 0 Å². The van der Waals surface area contributed by atoms with Crippen molar-refractivity contribution in [1.82, 2.24) is 19.9 Å². The maximum atomic E-state index is 5.44. The largest absolute Gasteiger partial charge is 0.368 e. The lowest BCUT2D eigenvalue weighted by atomic mass is 10.7. The number of anilines is 1. The second-order valence-electron chi connectivity index (χ2n) is 2.40. The molecule has 2 rings (SSSR count). The van der Waals surface area contributed by atoms with Crippen LogP contribution < -0.4 is 5.73 Å². The zero-order chi connectivity index (χ0) is 9.80. The summed E-state index contributed by atoms with van der Waals surface area (Å²) in [5, 5.41) is 1.55. The van der Waals surface area contributed by atoms with Crippen molar-refractivity contribution in [3.05, 3.63) is 30.9 Å². The van der Waals surface area contributed by atoms with Gasteiger partial charge in [-0.05, 0) is 17.8 Å². The Hall–Kier alpha value is -1.69. The maximum Gasteiger partial charge on any atom is 0.221 e. The fourth-order valence-electron chi connectivity index (χ4n) is 0.859. The van der Waals surface area contributed by atoms with Crippen molar-refractivity contribution in [1.29, 1.82) is 0 Å². The van der Waals surface area contributed by atoms with Crippen molar-refractivity contribution >= 4 is 17.7 Å². The molecule has 70 valence electrons. The van der Waals surface area contributed by atoms with Crippen LogP contribution in [0.25, 0.3) is 0 Å². The highest BCUT2D eigenvalue weighted by atomic mass is 32.2. The summed E-state index contributed by atoms with van der Waals surface area (Å²) in [6, 6.07) is 1.77. The predicted octanol–water partition coefficient (Wildman–Crippen LogP) is 1.00. The van der Waals surface area contributed by atoms with Crippen molar-refractivity contribution < 1.29 is 0 Å². The van der Waals surface area contributed by atoms with Crippen molar-refractivity contribution in [2.45, 2.75) is 10.1 Å². The molecule has 2 heterocycles. The van der Waals surface area contributed by atoms with Crippen LogP contribution in [0.5, 0.6) is 0 Å². The summed E-state index contributed by atoms with van der Waals surface area (Å²) in [5.74, 6) is 0.263. The number of hydrogen-bond donors (Lipinski definition) is 1. The van der Waals surface area contributed by atoms with Crippen molar-refractivity contribution in [3.63, 3.8) is 0 Å². The fourth-order valence-corrected chi connectivity index (χ4v) is 1.57. The van der Waals surface area contributed by atoms with E-state index < -0.39 is 0 Å². The molecular weight excluding hydrogens is 198 g/mol. The fraction of sp³-hybridized carbons (Fsp3) is 0. The number of nitrogens with zero attached hydrogens (tertiary/aromatic N) is 4. The molecule has 14 heavy (non-hydrogen) atoms. The Morgan fingerprint density at radius 2 is 2.00 bits per heavy atom. The molecule has 0 bridgehead atoms. The van der Waals surface area contributed by atoms with E-state index in [0.29, 0.717) is 0 Å². The monoisotopic (exact) mass is 205 g/mol. The molecule has 0 aliphatic carbocycles. The standard InChI is InChI=1S/C8H7N5S/c9-8-12-2-1-6(13-8)14-7-5-10-3-4-11-7/h1-5H,(H2,9,12,13). The Labute approximate surface area is 84.8 Å². The summed E-state index contributed by atoms with van der Waals surface area (Å²) in [5.41, 5.74) is 5.44. The smallest absolute Gasteiger partial charge is 0.221 e. The van der Waals surface area contributed by atoms with Gasteiger partial charge in [-0.3, -0.25) is 4.98 Å². The first-order valence-electron chi connectivity index (χ1n) is 3.87. The SMILES string of the molecule is Nc1nccc(Sc2cnccn2)n1. The van der Waals surface area contributed by atoms with Gasteiger partial charge in [0.05, 0.1) is 6.20 Å². The van der Waals surface area contributed by atoms with Gasteiger partial charge in [0, 0.05) is 18.6 Å². The van der Waals surface area contributed by atoms with Crippen LogP contribution in [0.2, 0.25) is 0 Å². The van der Waals surface area contributed by atoms with Crippen molar-refractivity contribution in [3.8, 4) is 0 Å². The molecule has 6 heteroatoms. The third kappa shape index (κ3) is 2.17. The molecule has 0 saturated carbocycles. The lowest BCUT2D eigenvalue weighted by Crippen LogP contribution is -1.94. The van der Waals surface area contributed by atoms with E-state index in [0.717, 1.165) is 10.1 Å². The molecular formula is C8H7N5S. The minimum Gasteiger partial charge on any atom is -0.368 e. The first kappa shape index (κ1) is 8.89. The number of nitrogens with two attached hydrogens (primary N) is 1. The highest BCUT2D eigenvalue weighted by molar-refractivity contribution is 7.99. The molecule has 0 atom stereocenters. The van der Waals surface area contributed by atoms with Gasteiger partial charge in [0.25, 0.3) is 0 Å². The van der Waals surface area contributed by atoms with Crippen LogP contribution >= 0.6 is 11.8 Å². The Balaban J connectivity index is 2.19. The number of aromatic nitrogens is 4. The second kappa shape index (κ2) is 4.01. The minimum absolute atomic E-state index is 0.263. The van der Waals surface area contributed by atoms with Gasteiger partial charge in [-0.1, -0.05) is 0 Å². The van der Waals surface area contributed by atoms with Crippen molar-refractivity contribution in [2.75, 3.05) is 5.73 Å². The topological polar surface area (TPSA) is 77.6 Å². The van der Waals surface area contributed by atoms with Gasteiger partial charge in [0.2, 0.25) is 5.95 Å². The Bertz CT molecular complexity index is 419. The van der Waals surface area contributed by atoms with E-state index in [-0.39, 0.29) is 5.95 Å². The van der Waals surface area contributed by atoms with E-state index in [1.807, 2.05) is 0 Å². The van der Waals surface area contributed by atoms with Crippen LogP contribution in [0.3, 0.4) is 0 Å². The quantitative estimate of drug-likeness (QED) is 0.737. The van der Waals surface area contributed by atoms with Crippen LogP contribution in [0, 0.1) is 0 Å². The third-order valence-corrected chi connectivity index (χ3v) is 2.25. The Morgan fingerprint density at radius 3 is 2.71 bits per heavy atom. The molecule has 0 aliphatic heterocycles. The van der Waals surface area contributed by atoms with Gasteiger partial charge in [-0.2, -0.15) is 0 Å². The van der Waals surface area contributed by atoms with Crippen LogP contribution in [-0.4, -0.2) is 19.9 Å². The first-order valence-corrected chi connectivity index (χ1v) is 4.68. The number of hydrogen-bond acceptors (Lipinski definition) is 6. The molecule has 0 radical (unpaired) electrons. The molecule has 0 aliphatic rings. The molecule has 0 amide bonds. The maximum absolute atomic E-state index is 5.44. The molecule has 2 aromatic rings. The molecule has 5 nitrogen and oxygen atoms in total. The summed E-state index contributed by atoms with van der Waals surface area (Å²) in [6.07, 6.45) is 6.54. The molecule has 0 unspecified atom stereocenters. The average Bonchev–Trinajstić information content (AvgIpc) is 2.19. The predicted molar refractivity (Wildman–Crippen MR) is 52.6 cm³/mol. The Kier molecular flexibility index (Phi) is 2.55. The van der Waals surface area contributed by atoms with Gasteiger partial charge < -0.3 is 5.73 Å². The van der Waals surface area contributed by atoms with Crippen molar-refractivity contribution in [2.24, 2.45) is 0 Å². The van der Waals surface area contributed by atoms with E-state index in [1.54, 1.807) is 30.9 Å². The summed E-state index contributed by atoms with van der Waals surface area (Å²) >= 11 is 1.40. The summed E-state index contributed by atoms with van der Waals surface area (Å²) in [4.78, 5) is 15.9. The van der Waals surface area contributed by atoms with Gasteiger partial charge in [0.15, 0.2) is 0 Å². The zero-order valence-corrected chi connectivity index (χ0v) is 7.98. The number of nitrogen functional groups attached to an aromatic ring is 1. The second-order valence-corrected chi connectivity index (χ2v) is 3.44. The van der Waals surface area contributed by atoms with Gasteiger partial charge in [-0.25, -0.2) is 15.0 Å². The van der Waals surface area contributed by atoms with E-state index in [4.69, 9.17) is 5.73 Å². The summed E-state index contributed by atoms with van der Waals surface area (Å²) < 4.78 is 0. The zero-order valence-electron chi connectivity index (χ0n) is 7.16. The van der Waals surface area contributed by atoms with E-state index in [1.165, 1.54) is 11.8 Å². The number of rotatable bonds is 2. The molecule has 0 aromatic carbocycles. The van der Waals surface area contributed by atoms with E-state index in [9.17, 15) is 0 Å². The van der Waals surface area contributed by atoms with E-state index >= 15 is 0 Å². The molecule has 0 spiro atoms. The molecule has 0 fully saturated rings. The van der Waals surface area contributed by atoms with E-state index in [2.05, 4.69) is 19.9 Å². The third-order valence-electron chi connectivity index (χ3n) is 1.40. The van der Waals surface area contributed by atoms with Crippen LogP contribution in [-0.2, 0) is 0 Å². The summed E-state index contributed by atoms with van der Waals surface area (Å²) in [6.45, 7) is 0. The highest BCUT2D eigenvalue weighted by Gasteiger charge is 1.99. The molecule has 2 N–H and O–H groups in total. The molecule has 0 saturated heterocycles. The average molecular weight is 205 g/mol. The minimum atomic E-state index is 0.263. The highest BCUT2D eigenvalue weighted by Crippen LogP contribution is 2.22.